The first-order valence-electron chi connectivity index (χ1n) is 9.08. The minimum absolute atomic E-state index is 0.167. The number of nitrogens with zero attached hydrogens (tertiary/aromatic N) is 2. The zero-order valence-electron chi connectivity index (χ0n) is 16.3. The number of nitrogens with one attached hydrogen (secondary N) is 1. The van der Waals surface area contributed by atoms with Crippen molar-refractivity contribution in [1.29, 1.82) is 0 Å². The molecule has 0 aliphatic carbocycles. The highest BCUT2D eigenvalue weighted by molar-refractivity contribution is 7.15. The molecular formula is C19H21N3O5S2. The minimum atomic E-state index is -0.721. The van der Waals surface area contributed by atoms with Crippen LogP contribution in [0.15, 0.2) is 32.1 Å². The fraction of sp³-hybridized carbons (Fsp3) is 0.368. The van der Waals surface area contributed by atoms with Crippen molar-refractivity contribution in [2.45, 2.75) is 33.7 Å². The van der Waals surface area contributed by atoms with E-state index < -0.39 is 17.6 Å². The Balaban J connectivity index is 1.78. The van der Waals surface area contributed by atoms with Gasteiger partial charge in [-0.2, -0.15) is 4.68 Å². The molecule has 0 saturated heterocycles. The quantitative estimate of drug-likeness (QED) is 0.542. The number of carbonyl (C=O) groups is 2. The number of thiophene rings is 2. The largest absolute Gasteiger partial charge is 0.462 e. The SMILES string of the molecule is CCOC(=O)c1c(CC(C)C)csc1NC(=O)Cn1nc(-c2cccs2)oc1=O. The van der Waals surface area contributed by atoms with Crippen LogP contribution in [0.2, 0.25) is 0 Å². The topological polar surface area (TPSA) is 103 Å². The van der Waals surface area contributed by atoms with Gasteiger partial charge in [-0.25, -0.2) is 9.59 Å². The lowest BCUT2D eigenvalue weighted by Crippen LogP contribution is -2.26. The van der Waals surface area contributed by atoms with Crippen LogP contribution < -0.4 is 11.1 Å². The summed E-state index contributed by atoms with van der Waals surface area (Å²) in [4.78, 5) is 37.6. The first kappa shape index (κ1) is 21.0. The van der Waals surface area contributed by atoms with Gasteiger partial charge >= 0.3 is 11.7 Å². The summed E-state index contributed by atoms with van der Waals surface area (Å²) in [6.07, 6.45) is 0.688. The van der Waals surface area contributed by atoms with Gasteiger partial charge in [-0.15, -0.1) is 27.8 Å². The Morgan fingerprint density at radius 3 is 2.79 bits per heavy atom. The summed E-state index contributed by atoms with van der Waals surface area (Å²) in [5, 5.41) is 10.9. The number of ether oxygens (including phenoxy) is 1. The number of rotatable bonds is 8. The fourth-order valence-electron chi connectivity index (χ4n) is 2.71. The van der Waals surface area contributed by atoms with Crippen molar-refractivity contribution in [1.82, 2.24) is 9.78 Å². The molecule has 154 valence electrons. The minimum Gasteiger partial charge on any atom is -0.462 e. The summed E-state index contributed by atoms with van der Waals surface area (Å²) in [6, 6.07) is 3.59. The molecule has 0 atom stereocenters. The molecule has 1 amide bonds. The fourth-order valence-corrected chi connectivity index (χ4v) is 4.33. The summed E-state index contributed by atoms with van der Waals surface area (Å²) >= 11 is 2.63. The van der Waals surface area contributed by atoms with E-state index in [4.69, 9.17) is 9.15 Å². The van der Waals surface area contributed by atoms with E-state index in [9.17, 15) is 14.4 Å². The summed E-state index contributed by atoms with van der Waals surface area (Å²) in [5.41, 5.74) is 1.20. The van der Waals surface area contributed by atoms with Crippen LogP contribution >= 0.6 is 22.7 Å². The highest BCUT2D eigenvalue weighted by atomic mass is 32.1. The molecule has 3 aromatic rings. The molecular weight excluding hydrogens is 414 g/mol. The zero-order valence-corrected chi connectivity index (χ0v) is 17.9. The van der Waals surface area contributed by atoms with Crippen molar-refractivity contribution < 1.29 is 18.7 Å². The Kier molecular flexibility index (Phi) is 6.65. The molecule has 0 fully saturated rings. The van der Waals surface area contributed by atoms with Gasteiger partial charge in [-0.05, 0) is 41.7 Å². The second kappa shape index (κ2) is 9.19. The Morgan fingerprint density at radius 1 is 1.34 bits per heavy atom. The molecule has 0 aromatic carbocycles. The van der Waals surface area contributed by atoms with Gasteiger partial charge in [-0.1, -0.05) is 19.9 Å². The molecule has 3 heterocycles. The summed E-state index contributed by atoms with van der Waals surface area (Å²) in [7, 11) is 0. The monoisotopic (exact) mass is 435 g/mol. The Hall–Kier alpha value is -2.72. The molecule has 0 aliphatic rings. The number of esters is 1. The van der Waals surface area contributed by atoms with Gasteiger partial charge in [0, 0.05) is 0 Å². The van der Waals surface area contributed by atoms with E-state index in [0.717, 1.165) is 10.2 Å². The molecule has 3 aromatic heterocycles. The molecule has 0 aliphatic heterocycles. The van der Waals surface area contributed by atoms with E-state index in [2.05, 4.69) is 10.4 Å². The third-order valence-electron chi connectivity index (χ3n) is 3.86. The van der Waals surface area contributed by atoms with Crippen LogP contribution in [-0.4, -0.2) is 28.3 Å². The van der Waals surface area contributed by atoms with E-state index in [1.165, 1.54) is 22.7 Å². The van der Waals surface area contributed by atoms with Crippen molar-refractivity contribution in [3.8, 4) is 10.8 Å². The van der Waals surface area contributed by atoms with Gasteiger partial charge < -0.3 is 14.5 Å². The number of anilines is 1. The molecule has 8 nitrogen and oxygen atoms in total. The van der Waals surface area contributed by atoms with Crippen molar-refractivity contribution in [2.24, 2.45) is 5.92 Å². The predicted molar refractivity (Wildman–Crippen MR) is 112 cm³/mol. The average molecular weight is 436 g/mol. The van der Waals surface area contributed by atoms with E-state index in [0.29, 0.717) is 27.8 Å². The Bertz CT molecular complexity index is 1050. The lowest BCUT2D eigenvalue weighted by Gasteiger charge is -2.09. The number of hydrogen-bond acceptors (Lipinski definition) is 8. The second-order valence-electron chi connectivity index (χ2n) is 6.64. The van der Waals surface area contributed by atoms with E-state index in [-0.39, 0.29) is 19.0 Å². The van der Waals surface area contributed by atoms with Gasteiger partial charge in [-0.3, -0.25) is 4.79 Å². The van der Waals surface area contributed by atoms with Crippen LogP contribution in [0.5, 0.6) is 0 Å². The number of hydrogen-bond donors (Lipinski definition) is 1. The Labute approximate surface area is 175 Å². The number of amides is 1. The lowest BCUT2D eigenvalue weighted by molar-refractivity contribution is -0.117. The van der Waals surface area contributed by atoms with Crippen molar-refractivity contribution in [2.75, 3.05) is 11.9 Å². The van der Waals surface area contributed by atoms with E-state index >= 15 is 0 Å². The van der Waals surface area contributed by atoms with E-state index in [1.807, 2.05) is 30.7 Å². The lowest BCUT2D eigenvalue weighted by atomic mass is 10.0. The first-order chi connectivity index (χ1) is 13.9. The second-order valence-corrected chi connectivity index (χ2v) is 8.47. The van der Waals surface area contributed by atoms with Crippen LogP contribution in [0.1, 0.15) is 36.7 Å². The van der Waals surface area contributed by atoms with Gasteiger partial charge in [0.15, 0.2) is 0 Å². The molecule has 0 saturated carbocycles. The standard InChI is InChI=1S/C19H21N3O5S2/c1-4-26-18(24)15-12(8-11(2)3)10-29-17(15)20-14(23)9-22-19(25)27-16(21-22)13-6-5-7-28-13/h5-7,10-11H,4,8-9H2,1-3H3,(H,20,23). The third kappa shape index (κ3) is 5.01. The van der Waals surface area contributed by atoms with Crippen LogP contribution in [0.3, 0.4) is 0 Å². The van der Waals surface area contributed by atoms with Crippen LogP contribution in [0.4, 0.5) is 5.00 Å². The molecule has 10 heteroatoms. The van der Waals surface area contributed by atoms with Crippen LogP contribution in [0.25, 0.3) is 10.8 Å². The summed E-state index contributed by atoms with van der Waals surface area (Å²) in [5.74, 6) is -1.17. The average Bonchev–Trinajstić information content (AvgIpc) is 3.36. The molecule has 3 rings (SSSR count). The predicted octanol–water partition coefficient (Wildman–Crippen LogP) is 3.64. The molecule has 0 bridgehead atoms. The van der Waals surface area contributed by atoms with Gasteiger partial charge in [0.25, 0.3) is 5.89 Å². The molecule has 0 unspecified atom stereocenters. The van der Waals surface area contributed by atoms with E-state index in [1.54, 1.807) is 13.0 Å². The zero-order chi connectivity index (χ0) is 21.0. The molecule has 0 spiro atoms. The highest BCUT2D eigenvalue weighted by Crippen LogP contribution is 2.31. The molecule has 0 radical (unpaired) electrons. The maximum absolute atomic E-state index is 12.5. The summed E-state index contributed by atoms with van der Waals surface area (Å²) in [6.45, 7) is 5.74. The third-order valence-corrected chi connectivity index (χ3v) is 5.66. The van der Waals surface area contributed by atoms with Crippen molar-refractivity contribution in [3.63, 3.8) is 0 Å². The van der Waals surface area contributed by atoms with Crippen LogP contribution in [-0.2, 0) is 22.5 Å². The Morgan fingerprint density at radius 2 is 2.14 bits per heavy atom. The normalized spacial score (nSPS) is 11.0. The highest BCUT2D eigenvalue weighted by Gasteiger charge is 2.23. The number of aromatic nitrogens is 2. The maximum atomic E-state index is 12.5. The molecule has 29 heavy (non-hydrogen) atoms. The van der Waals surface area contributed by atoms with Gasteiger partial charge in [0.1, 0.15) is 11.5 Å². The molecule has 1 N–H and O–H groups in total. The number of carbonyl (C=O) groups excluding carboxylic acids is 2. The van der Waals surface area contributed by atoms with Gasteiger partial charge in [0.2, 0.25) is 5.91 Å². The smallest absolute Gasteiger partial charge is 0.437 e. The summed E-state index contributed by atoms with van der Waals surface area (Å²) < 4.78 is 11.2. The van der Waals surface area contributed by atoms with Gasteiger partial charge in [0.05, 0.1) is 17.0 Å². The van der Waals surface area contributed by atoms with Crippen molar-refractivity contribution >= 4 is 39.6 Å². The van der Waals surface area contributed by atoms with Crippen molar-refractivity contribution in [3.05, 3.63) is 44.6 Å². The van der Waals surface area contributed by atoms with Crippen LogP contribution in [0, 0.1) is 5.92 Å². The first-order valence-corrected chi connectivity index (χ1v) is 10.8. The maximum Gasteiger partial charge on any atom is 0.437 e.